The molecule has 0 amide bonds. The summed E-state index contributed by atoms with van der Waals surface area (Å²) in [4.78, 5) is 4.13. The summed E-state index contributed by atoms with van der Waals surface area (Å²) in [5, 5.41) is 6.92. The normalized spacial score (nSPS) is 26.1. The SMILES string of the molecule is CC1CNCC1c1nc(CS(C)(=O)=O)no1. The summed E-state index contributed by atoms with van der Waals surface area (Å²) in [6.45, 7) is 3.83. The Kier molecular flexibility index (Phi) is 2.98. The molecule has 16 heavy (non-hydrogen) atoms. The first-order valence-corrected chi connectivity index (χ1v) is 7.22. The van der Waals surface area contributed by atoms with Gasteiger partial charge in [-0.2, -0.15) is 4.98 Å². The van der Waals surface area contributed by atoms with Gasteiger partial charge in [0.05, 0.1) is 5.92 Å². The molecule has 90 valence electrons. The molecule has 0 radical (unpaired) electrons. The molecule has 1 N–H and O–H groups in total. The lowest BCUT2D eigenvalue weighted by molar-refractivity contribution is 0.337. The van der Waals surface area contributed by atoms with Gasteiger partial charge in [-0.25, -0.2) is 8.42 Å². The second-order valence-corrected chi connectivity index (χ2v) is 6.50. The van der Waals surface area contributed by atoms with E-state index < -0.39 is 9.84 Å². The maximum atomic E-state index is 11.1. The summed E-state index contributed by atoms with van der Waals surface area (Å²) in [6.07, 6.45) is 1.16. The highest BCUT2D eigenvalue weighted by atomic mass is 32.2. The highest BCUT2D eigenvalue weighted by molar-refractivity contribution is 7.89. The van der Waals surface area contributed by atoms with Gasteiger partial charge in [-0.05, 0) is 12.5 Å². The van der Waals surface area contributed by atoms with Gasteiger partial charge in [0.25, 0.3) is 0 Å². The fourth-order valence-electron chi connectivity index (χ4n) is 1.85. The van der Waals surface area contributed by atoms with Crippen molar-refractivity contribution in [1.82, 2.24) is 15.5 Å². The van der Waals surface area contributed by atoms with Crippen LogP contribution in [0.25, 0.3) is 0 Å². The summed E-state index contributed by atoms with van der Waals surface area (Å²) in [5.74, 6) is 1.26. The lowest BCUT2D eigenvalue weighted by atomic mass is 9.98. The average molecular weight is 245 g/mol. The van der Waals surface area contributed by atoms with Gasteiger partial charge >= 0.3 is 0 Å². The van der Waals surface area contributed by atoms with Gasteiger partial charge in [0.15, 0.2) is 15.7 Å². The quantitative estimate of drug-likeness (QED) is 0.802. The predicted octanol–water partition coefficient (Wildman–Crippen LogP) is -0.0629. The van der Waals surface area contributed by atoms with Gasteiger partial charge in [-0.1, -0.05) is 12.1 Å². The Hall–Kier alpha value is -0.950. The van der Waals surface area contributed by atoms with Gasteiger partial charge in [-0.3, -0.25) is 0 Å². The molecule has 0 aliphatic carbocycles. The van der Waals surface area contributed by atoms with Crippen LogP contribution in [0.2, 0.25) is 0 Å². The third-order valence-corrected chi connectivity index (χ3v) is 3.49. The van der Waals surface area contributed by atoms with Gasteiger partial charge in [0.1, 0.15) is 5.75 Å². The van der Waals surface area contributed by atoms with Crippen LogP contribution in [0.1, 0.15) is 24.6 Å². The number of nitrogens with one attached hydrogen (secondary N) is 1. The Balaban J connectivity index is 2.13. The summed E-state index contributed by atoms with van der Waals surface area (Å²) < 4.78 is 27.2. The van der Waals surface area contributed by atoms with Crippen LogP contribution in [0.4, 0.5) is 0 Å². The van der Waals surface area contributed by atoms with E-state index in [-0.39, 0.29) is 17.5 Å². The monoisotopic (exact) mass is 245 g/mol. The lowest BCUT2D eigenvalue weighted by Gasteiger charge is -2.07. The second-order valence-electron chi connectivity index (χ2n) is 4.36. The summed E-state index contributed by atoms with van der Waals surface area (Å²) in [7, 11) is -3.10. The van der Waals surface area contributed by atoms with E-state index in [1.807, 2.05) is 0 Å². The largest absolute Gasteiger partial charge is 0.339 e. The minimum absolute atomic E-state index is 0.162. The topological polar surface area (TPSA) is 85.1 Å². The zero-order chi connectivity index (χ0) is 11.8. The fraction of sp³-hybridized carbons (Fsp3) is 0.778. The molecule has 1 aromatic heterocycles. The molecule has 1 saturated heterocycles. The van der Waals surface area contributed by atoms with Crippen LogP contribution in [0, 0.1) is 5.92 Å². The van der Waals surface area contributed by atoms with E-state index in [0.29, 0.717) is 11.8 Å². The smallest absolute Gasteiger partial charge is 0.231 e. The Bertz CT molecular complexity index is 468. The molecule has 7 heteroatoms. The molecule has 1 aliphatic rings. The van der Waals surface area contributed by atoms with E-state index in [1.54, 1.807) is 0 Å². The van der Waals surface area contributed by atoms with Crippen molar-refractivity contribution in [3.63, 3.8) is 0 Å². The van der Waals surface area contributed by atoms with Gasteiger partial charge in [0.2, 0.25) is 5.89 Å². The number of rotatable bonds is 3. The van der Waals surface area contributed by atoms with Crippen LogP contribution in [-0.4, -0.2) is 37.9 Å². The van der Waals surface area contributed by atoms with E-state index in [2.05, 4.69) is 22.4 Å². The molecule has 2 unspecified atom stereocenters. The molecule has 0 aromatic carbocycles. The van der Waals surface area contributed by atoms with Crippen LogP contribution in [0.3, 0.4) is 0 Å². The van der Waals surface area contributed by atoms with E-state index in [0.717, 1.165) is 19.3 Å². The fourth-order valence-corrected chi connectivity index (χ4v) is 2.44. The first-order valence-electron chi connectivity index (χ1n) is 5.16. The number of hydrogen-bond acceptors (Lipinski definition) is 6. The molecule has 1 fully saturated rings. The summed E-state index contributed by atoms with van der Waals surface area (Å²) >= 11 is 0. The molecular weight excluding hydrogens is 230 g/mol. The van der Waals surface area contributed by atoms with Crippen molar-refractivity contribution in [2.24, 2.45) is 5.92 Å². The molecule has 2 heterocycles. The van der Waals surface area contributed by atoms with Crippen molar-refractivity contribution in [2.75, 3.05) is 19.3 Å². The Labute approximate surface area is 94.3 Å². The predicted molar refractivity (Wildman–Crippen MR) is 57.6 cm³/mol. The molecule has 2 atom stereocenters. The molecule has 0 spiro atoms. The van der Waals surface area contributed by atoms with E-state index in [4.69, 9.17) is 4.52 Å². The molecule has 2 rings (SSSR count). The Morgan fingerprint density at radius 1 is 1.50 bits per heavy atom. The van der Waals surface area contributed by atoms with Crippen molar-refractivity contribution >= 4 is 9.84 Å². The van der Waals surface area contributed by atoms with Crippen molar-refractivity contribution in [3.8, 4) is 0 Å². The number of sulfone groups is 1. The molecule has 1 aliphatic heterocycles. The van der Waals surface area contributed by atoms with Gasteiger partial charge < -0.3 is 9.84 Å². The van der Waals surface area contributed by atoms with Crippen LogP contribution < -0.4 is 5.32 Å². The van der Waals surface area contributed by atoms with Gasteiger partial charge in [-0.15, -0.1) is 0 Å². The Morgan fingerprint density at radius 3 is 2.81 bits per heavy atom. The van der Waals surface area contributed by atoms with E-state index in [9.17, 15) is 8.42 Å². The van der Waals surface area contributed by atoms with Crippen LogP contribution in [0.15, 0.2) is 4.52 Å². The van der Waals surface area contributed by atoms with Crippen molar-refractivity contribution in [3.05, 3.63) is 11.7 Å². The summed E-state index contributed by atoms with van der Waals surface area (Å²) in [6, 6.07) is 0. The lowest BCUT2D eigenvalue weighted by Crippen LogP contribution is -2.09. The molecule has 0 saturated carbocycles. The van der Waals surface area contributed by atoms with Crippen LogP contribution in [-0.2, 0) is 15.6 Å². The molecule has 0 bridgehead atoms. The molecule has 6 nitrogen and oxygen atoms in total. The van der Waals surface area contributed by atoms with Crippen molar-refractivity contribution < 1.29 is 12.9 Å². The highest BCUT2D eigenvalue weighted by Crippen LogP contribution is 2.26. The first-order chi connectivity index (χ1) is 7.46. The zero-order valence-electron chi connectivity index (χ0n) is 9.30. The van der Waals surface area contributed by atoms with E-state index >= 15 is 0 Å². The highest BCUT2D eigenvalue weighted by Gasteiger charge is 2.29. The maximum Gasteiger partial charge on any atom is 0.231 e. The number of hydrogen-bond donors (Lipinski definition) is 1. The molecule has 1 aromatic rings. The van der Waals surface area contributed by atoms with Gasteiger partial charge in [0, 0.05) is 12.8 Å². The number of aromatic nitrogens is 2. The zero-order valence-corrected chi connectivity index (χ0v) is 10.1. The van der Waals surface area contributed by atoms with Crippen molar-refractivity contribution in [2.45, 2.75) is 18.6 Å². The first kappa shape index (κ1) is 11.5. The molecular formula is C9H15N3O3S. The van der Waals surface area contributed by atoms with Crippen LogP contribution >= 0.6 is 0 Å². The van der Waals surface area contributed by atoms with Crippen LogP contribution in [0.5, 0.6) is 0 Å². The maximum absolute atomic E-state index is 11.1. The second kappa shape index (κ2) is 4.14. The third kappa shape index (κ3) is 2.59. The van der Waals surface area contributed by atoms with E-state index in [1.165, 1.54) is 0 Å². The Morgan fingerprint density at radius 2 is 2.25 bits per heavy atom. The minimum atomic E-state index is -3.10. The summed E-state index contributed by atoms with van der Waals surface area (Å²) in [5.41, 5.74) is 0. The standard InChI is InChI=1S/C9H15N3O3S/c1-6-3-10-4-7(6)9-11-8(12-15-9)5-16(2,13)14/h6-7,10H,3-5H2,1-2H3. The average Bonchev–Trinajstić information content (AvgIpc) is 2.71. The third-order valence-electron chi connectivity index (χ3n) is 2.71. The number of nitrogens with zero attached hydrogens (tertiary/aromatic N) is 2. The van der Waals surface area contributed by atoms with Crippen molar-refractivity contribution in [1.29, 1.82) is 0 Å². The minimum Gasteiger partial charge on any atom is -0.339 e.